The van der Waals surface area contributed by atoms with Crippen LogP contribution >= 0.6 is 0 Å². The van der Waals surface area contributed by atoms with Crippen molar-refractivity contribution in [2.75, 3.05) is 0 Å². The van der Waals surface area contributed by atoms with Crippen LogP contribution in [0.2, 0.25) is 0 Å². The maximum absolute atomic E-state index is 2.28. The van der Waals surface area contributed by atoms with Crippen molar-refractivity contribution in [3.63, 3.8) is 0 Å². The second-order valence-corrected chi connectivity index (χ2v) is 9.70. The van der Waals surface area contributed by atoms with Gasteiger partial charge in [0.15, 0.2) is 11.4 Å². The van der Waals surface area contributed by atoms with E-state index < -0.39 is 0 Å². The molecule has 2 aromatic heterocycles. The summed E-state index contributed by atoms with van der Waals surface area (Å²) in [6, 6.07) is 21.9. The van der Waals surface area contributed by atoms with Crippen LogP contribution in [0.15, 0.2) is 60.7 Å². The fourth-order valence-electron chi connectivity index (χ4n) is 4.69. The molecule has 0 saturated carbocycles. The van der Waals surface area contributed by atoms with E-state index in [1.807, 2.05) is 0 Å². The molecule has 0 radical (unpaired) electrons. The van der Waals surface area contributed by atoms with E-state index in [-0.39, 0.29) is 0 Å². The molecule has 0 spiro atoms. The Labute approximate surface area is 206 Å². The smallest absolute Gasteiger partial charge is 0.199 e. The Morgan fingerprint density at radius 2 is 1.12 bits per heavy atom. The van der Waals surface area contributed by atoms with E-state index in [1.54, 1.807) is 0 Å². The molecule has 2 heterocycles. The number of pyridine rings is 2. The Balaban J connectivity index is 0.000000191. The van der Waals surface area contributed by atoms with Crippen LogP contribution in [0.4, 0.5) is 0 Å². The SMILES string of the molecule is Cc1cc(C)[n+](C)c(-c2cccc(C)c2C)c1.Cc1cccc(C)c1-c1c(C)ccc(C)[n+]1C. The van der Waals surface area contributed by atoms with Gasteiger partial charge in [-0.05, 0) is 81.5 Å². The highest BCUT2D eigenvalue weighted by atomic mass is 14.9. The predicted octanol–water partition coefficient (Wildman–Crippen LogP) is 6.82. The quantitative estimate of drug-likeness (QED) is 0.295. The first-order valence-electron chi connectivity index (χ1n) is 12.1. The van der Waals surface area contributed by atoms with Crippen LogP contribution in [0, 0.1) is 55.4 Å². The minimum atomic E-state index is 1.29. The minimum absolute atomic E-state index is 1.29. The highest BCUT2D eigenvalue weighted by Crippen LogP contribution is 2.27. The van der Waals surface area contributed by atoms with Gasteiger partial charge in [-0.3, -0.25) is 0 Å². The highest BCUT2D eigenvalue weighted by molar-refractivity contribution is 5.68. The zero-order valence-corrected chi connectivity index (χ0v) is 22.7. The maximum Gasteiger partial charge on any atom is 0.215 e. The predicted molar refractivity (Wildman–Crippen MR) is 144 cm³/mol. The third-order valence-corrected chi connectivity index (χ3v) is 7.10. The largest absolute Gasteiger partial charge is 0.215 e. The Hall–Kier alpha value is -3.26. The number of aromatic nitrogens is 2. The maximum atomic E-state index is 2.28. The highest BCUT2D eigenvalue weighted by Gasteiger charge is 2.19. The molecule has 0 saturated heterocycles. The lowest BCUT2D eigenvalue weighted by Crippen LogP contribution is -2.35. The first-order chi connectivity index (χ1) is 16.0. The van der Waals surface area contributed by atoms with Crippen LogP contribution < -0.4 is 9.13 Å². The number of hydrogen-bond acceptors (Lipinski definition) is 0. The van der Waals surface area contributed by atoms with Crippen molar-refractivity contribution < 1.29 is 9.13 Å². The molecule has 2 aromatic carbocycles. The number of hydrogen-bond donors (Lipinski definition) is 0. The van der Waals surface area contributed by atoms with E-state index in [4.69, 9.17) is 0 Å². The third kappa shape index (κ3) is 5.12. The molecule has 0 bridgehead atoms. The third-order valence-electron chi connectivity index (χ3n) is 7.10. The zero-order valence-electron chi connectivity index (χ0n) is 22.7. The van der Waals surface area contributed by atoms with E-state index in [9.17, 15) is 0 Å². The van der Waals surface area contributed by atoms with Crippen molar-refractivity contribution in [3.8, 4) is 22.5 Å². The Bertz CT molecular complexity index is 1330. The molecular weight excluding hydrogens is 412 g/mol. The van der Waals surface area contributed by atoms with Gasteiger partial charge in [0.1, 0.15) is 14.1 Å². The van der Waals surface area contributed by atoms with E-state index in [2.05, 4.69) is 139 Å². The standard InChI is InChI=1S/2C16H20N/c1-11-9-13(3)17(5)16(10-11)15-8-6-7-12(2)14(15)4;1-11-7-6-8-12(2)15(11)16-13(3)9-10-14(4)17(16)5/h2*6-10H,1-5H3/q2*+1. The Morgan fingerprint density at radius 3 is 1.76 bits per heavy atom. The molecule has 0 aliphatic carbocycles. The summed E-state index contributed by atoms with van der Waals surface area (Å²) in [4.78, 5) is 0. The number of aryl methyl sites for hydroxylation is 7. The van der Waals surface area contributed by atoms with Crippen molar-refractivity contribution in [3.05, 3.63) is 105 Å². The molecule has 2 nitrogen and oxygen atoms in total. The number of rotatable bonds is 2. The second kappa shape index (κ2) is 10.3. The average molecular weight is 453 g/mol. The summed E-state index contributed by atoms with van der Waals surface area (Å²) in [6.45, 7) is 17.4. The van der Waals surface area contributed by atoms with Crippen LogP contribution in [-0.2, 0) is 14.1 Å². The molecule has 2 heteroatoms. The van der Waals surface area contributed by atoms with Gasteiger partial charge in [-0.15, -0.1) is 0 Å². The van der Waals surface area contributed by atoms with Crippen molar-refractivity contribution in [2.24, 2.45) is 14.1 Å². The molecule has 0 aliphatic heterocycles. The fraction of sp³-hybridized carbons (Fsp3) is 0.312. The molecule has 0 unspecified atom stereocenters. The first-order valence-corrected chi connectivity index (χ1v) is 12.1. The van der Waals surface area contributed by atoms with Crippen LogP contribution in [0.1, 0.15) is 44.8 Å². The second-order valence-electron chi connectivity index (χ2n) is 9.70. The van der Waals surface area contributed by atoms with E-state index >= 15 is 0 Å². The van der Waals surface area contributed by atoms with Crippen LogP contribution in [0.3, 0.4) is 0 Å². The molecule has 0 aliphatic rings. The van der Waals surface area contributed by atoms with Gasteiger partial charge in [0.25, 0.3) is 0 Å². The van der Waals surface area contributed by atoms with Crippen molar-refractivity contribution >= 4 is 0 Å². The van der Waals surface area contributed by atoms with Crippen molar-refractivity contribution in [2.45, 2.75) is 55.4 Å². The van der Waals surface area contributed by atoms with Crippen LogP contribution in [0.25, 0.3) is 22.5 Å². The summed E-state index contributed by atoms with van der Waals surface area (Å²) in [6.07, 6.45) is 0. The van der Waals surface area contributed by atoms with Gasteiger partial charge < -0.3 is 0 Å². The summed E-state index contributed by atoms with van der Waals surface area (Å²) < 4.78 is 4.54. The molecular formula is C32H40N2+2. The molecule has 176 valence electrons. The van der Waals surface area contributed by atoms with Crippen LogP contribution in [-0.4, -0.2) is 0 Å². The molecule has 4 aromatic rings. The van der Waals surface area contributed by atoms with E-state index in [0.29, 0.717) is 0 Å². The summed E-state index contributed by atoms with van der Waals surface area (Å²) in [7, 11) is 4.27. The van der Waals surface area contributed by atoms with Gasteiger partial charge >= 0.3 is 0 Å². The lowest BCUT2D eigenvalue weighted by molar-refractivity contribution is -0.667. The zero-order chi connectivity index (χ0) is 25.2. The average Bonchev–Trinajstić information content (AvgIpc) is 2.78. The molecule has 0 N–H and O–H groups in total. The number of nitrogens with zero attached hydrogens (tertiary/aromatic N) is 2. The van der Waals surface area contributed by atoms with Gasteiger partial charge in [-0.1, -0.05) is 30.3 Å². The topological polar surface area (TPSA) is 7.76 Å². The van der Waals surface area contributed by atoms with Crippen molar-refractivity contribution in [1.82, 2.24) is 0 Å². The van der Waals surface area contributed by atoms with Gasteiger partial charge in [-0.25, -0.2) is 0 Å². The van der Waals surface area contributed by atoms with Crippen LogP contribution in [0.5, 0.6) is 0 Å². The Kier molecular flexibility index (Phi) is 7.71. The lowest BCUT2D eigenvalue weighted by atomic mass is 9.96. The van der Waals surface area contributed by atoms with Gasteiger partial charge in [0, 0.05) is 43.2 Å². The summed E-state index contributed by atoms with van der Waals surface area (Å²) >= 11 is 0. The summed E-state index contributed by atoms with van der Waals surface area (Å²) in [5.74, 6) is 0. The lowest BCUT2D eigenvalue weighted by Gasteiger charge is -2.11. The number of benzene rings is 2. The van der Waals surface area contributed by atoms with E-state index in [0.717, 1.165) is 0 Å². The fourth-order valence-corrected chi connectivity index (χ4v) is 4.69. The van der Waals surface area contributed by atoms with Gasteiger partial charge in [0.2, 0.25) is 11.4 Å². The van der Waals surface area contributed by atoms with Crippen molar-refractivity contribution in [1.29, 1.82) is 0 Å². The minimum Gasteiger partial charge on any atom is -0.199 e. The molecule has 0 atom stereocenters. The van der Waals surface area contributed by atoms with E-state index in [1.165, 1.54) is 67.3 Å². The summed E-state index contributed by atoms with van der Waals surface area (Å²) in [5, 5.41) is 0. The monoisotopic (exact) mass is 452 g/mol. The Morgan fingerprint density at radius 1 is 0.529 bits per heavy atom. The molecule has 0 fully saturated rings. The normalized spacial score (nSPS) is 10.6. The molecule has 4 rings (SSSR count). The molecule has 0 amide bonds. The van der Waals surface area contributed by atoms with Gasteiger partial charge in [-0.2, -0.15) is 9.13 Å². The first kappa shape index (κ1) is 25.4. The summed E-state index contributed by atoms with van der Waals surface area (Å²) in [5.41, 5.74) is 16.0. The molecule has 34 heavy (non-hydrogen) atoms. The van der Waals surface area contributed by atoms with Gasteiger partial charge in [0.05, 0.1) is 5.56 Å².